The summed E-state index contributed by atoms with van der Waals surface area (Å²) in [4.78, 5) is 2.09. The molecule has 0 spiro atoms. The lowest BCUT2D eigenvalue weighted by Crippen LogP contribution is -2.29. The van der Waals surface area contributed by atoms with Crippen LogP contribution in [0.4, 0.5) is 0 Å². The Bertz CT molecular complexity index is 1150. The molecule has 154 valence electrons. The van der Waals surface area contributed by atoms with Crippen LogP contribution in [0.2, 0.25) is 0 Å². The van der Waals surface area contributed by atoms with Crippen LogP contribution in [0, 0.1) is 0 Å². The number of nitrogens with zero attached hydrogens (tertiary/aromatic N) is 1. The summed E-state index contributed by atoms with van der Waals surface area (Å²) in [6.07, 6.45) is 0. The number of fused-ring (bicyclic) bond motifs is 3. The van der Waals surface area contributed by atoms with Gasteiger partial charge < -0.3 is 18.9 Å². The molecule has 1 heterocycles. The fourth-order valence-corrected chi connectivity index (χ4v) is 3.91. The van der Waals surface area contributed by atoms with Crippen molar-refractivity contribution in [2.45, 2.75) is 6.54 Å². The van der Waals surface area contributed by atoms with Gasteiger partial charge in [-0.05, 0) is 68.2 Å². The van der Waals surface area contributed by atoms with Crippen LogP contribution in [0.25, 0.3) is 32.3 Å². The maximum atomic E-state index is 5.60. The van der Waals surface area contributed by atoms with Crippen LogP contribution in [0.5, 0.6) is 0 Å². The molecule has 0 bridgehead atoms. The summed E-state index contributed by atoms with van der Waals surface area (Å²) in [6, 6.07) is 24.2. The molecular formula is C25H25NO4. The van der Waals surface area contributed by atoms with Gasteiger partial charge in [0.2, 0.25) is 0 Å². The molecule has 0 N–H and O–H groups in total. The highest BCUT2D eigenvalue weighted by Gasteiger charge is 2.09. The monoisotopic (exact) mass is 403 g/mol. The molecule has 0 unspecified atom stereocenters. The molecule has 1 fully saturated rings. The Balaban J connectivity index is 1.41. The molecule has 5 nitrogen and oxygen atoms in total. The summed E-state index contributed by atoms with van der Waals surface area (Å²) in [7, 11) is 0. The Labute approximate surface area is 175 Å². The minimum absolute atomic E-state index is 0.261. The Morgan fingerprint density at radius 3 is 1.73 bits per heavy atom. The summed E-state index contributed by atoms with van der Waals surface area (Å²) in [6.45, 7) is 3.17. The number of hydrogen-bond acceptors (Lipinski definition) is 5. The summed E-state index contributed by atoms with van der Waals surface area (Å²) < 4.78 is 21.9. The molecule has 5 rings (SSSR count). The zero-order valence-electron chi connectivity index (χ0n) is 16.9. The van der Waals surface area contributed by atoms with Crippen LogP contribution in [0.1, 0.15) is 5.56 Å². The molecule has 1 saturated heterocycles. The molecule has 4 aromatic rings. The fourth-order valence-electron chi connectivity index (χ4n) is 3.91. The normalized spacial score (nSPS) is 17.3. The van der Waals surface area contributed by atoms with Crippen molar-refractivity contribution in [3.8, 4) is 0 Å². The van der Waals surface area contributed by atoms with E-state index in [0.29, 0.717) is 26.7 Å². The summed E-state index contributed by atoms with van der Waals surface area (Å²) >= 11 is 0. The van der Waals surface area contributed by atoms with Gasteiger partial charge in [-0.2, -0.15) is 0 Å². The number of benzene rings is 4. The quantitative estimate of drug-likeness (QED) is 0.447. The lowest BCUT2D eigenvalue weighted by atomic mass is 9.98. The van der Waals surface area contributed by atoms with Crippen LogP contribution in [-0.4, -0.2) is 45.2 Å². The van der Waals surface area contributed by atoms with Crippen molar-refractivity contribution in [3.63, 3.8) is 0 Å². The maximum Gasteiger partial charge on any atom is 0.148 e. The predicted molar refractivity (Wildman–Crippen MR) is 118 cm³/mol. The van der Waals surface area contributed by atoms with E-state index in [-0.39, 0.29) is 13.6 Å². The fraction of sp³-hybridized carbons (Fsp3) is 0.280. The van der Waals surface area contributed by atoms with Crippen molar-refractivity contribution >= 4 is 32.3 Å². The van der Waals surface area contributed by atoms with Gasteiger partial charge in [-0.15, -0.1) is 0 Å². The zero-order valence-corrected chi connectivity index (χ0v) is 16.9. The second-order valence-corrected chi connectivity index (χ2v) is 7.63. The number of rotatable bonds is 2. The first kappa shape index (κ1) is 19.4. The average Bonchev–Trinajstić information content (AvgIpc) is 2.82. The van der Waals surface area contributed by atoms with Crippen molar-refractivity contribution < 1.29 is 18.9 Å². The molecule has 0 radical (unpaired) electrons. The minimum Gasteiger partial charge on any atom is -0.353 e. The highest BCUT2D eigenvalue weighted by atomic mass is 16.7. The minimum atomic E-state index is 0.261. The van der Waals surface area contributed by atoms with Gasteiger partial charge in [0.05, 0.1) is 13.2 Å². The topological polar surface area (TPSA) is 40.2 Å². The van der Waals surface area contributed by atoms with E-state index in [1.54, 1.807) is 0 Å². The van der Waals surface area contributed by atoms with E-state index in [0.717, 1.165) is 6.54 Å². The molecular weight excluding hydrogens is 378 g/mol. The summed E-state index contributed by atoms with van der Waals surface area (Å²) in [5, 5.41) is 7.55. The van der Waals surface area contributed by atoms with Gasteiger partial charge in [0.15, 0.2) is 0 Å². The third kappa shape index (κ3) is 4.46. The van der Waals surface area contributed by atoms with E-state index in [1.807, 2.05) is 0 Å². The van der Waals surface area contributed by atoms with Crippen molar-refractivity contribution in [2.24, 2.45) is 0 Å². The van der Waals surface area contributed by atoms with Gasteiger partial charge in [0.25, 0.3) is 0 Å². The first-order valence-corrected chi connectivity index (χ1v) is 10.2. The van der Waals surface area contributed by atoms with E-state index in [9.17, 15) is 0 Å². The molecule has 0 aliphatic carbocycles. The van der Waals surface area contributed by atoms with Crippen LogP contribution in [0.3, 0.4) is 0 Å². The highest BCUT2D eigenvalue weighted by Crippen LogP contribution is 2.28. The molecule has 30 heavy (non-hydrogen) atoms. The molecule has 1 aliphatic rings. The van der Waals surface area contributed by atoms with Gasteiger partial charge in [-0.1, -0.05) is 36.4 Å². The van der Waals surface area contributed by atoms with Gasteiger partial charge in [0.1, 0.15) is 27.0 Å². The summed E-state index contributed by atoms with van der Waals surface area (Å²) in [5.74, 6) is 0. The van der Waals surface area contributed by atoms with Crippen LogP contribution < -0.4 is 0 Å². The zero-order chi connectivity index (χ0) is 20.2. The van der Waals surface area contributed by atoms with E-state index in [4.69, 9.17) is 18.9 Å². The molecule has 4 aromatic carbocycles. The Hall–Kier alpha value is -2.54. The summed E-state index contributed by atoms with van der Waals surface area (Å²) in [5.41, 5.74) is 1.21. The maximum absolute atomic E-state index is 5.60. The SMILES string of the molecule is c1ccc2cc3cc4cc(CN5COCOCCOCOC5)ccc4cc3cc2c1. The lowest BCUT2D eigenvalue weighted by Gasteiger charge is -2.21. The molecule has 0 atom stereocenters. The van der Waals surface area contributed by atoms with E-state index < -0.39 is 0 Å². The second kappa shape index (κ2) is 9.08. The van der Waals surface area contributed by atoms with Crippen molar-refractivity contribution in [1.82, 2.24) is 4.90 Å². The van der Waals surface area contributed by atoms with Gasteiger partial charge in [0, 0.05) is 6.54 Å². The van der Waals surface area contributed by atoms with Crippen LogP contribution in [-0.2, 0) is 25.5 Å². The highest BCUT2D eigenvalue weighted by molar-refractivity contribution is 6.04. The number of hydrogen-bond donors (Lipinski definition) is 0. The first-order chi connectivity index (χ1) is 14.8. The second-order valence-electron chi connectivity index (χ2n) is 7.63. The van der Waals surface area contributed by atoms with Crippen molar-refractivity contribution in [2.75, 3.05) is 40.3 Å². The van der Waals surface area contributed by atoms with E-state index >= 15 is 0 Å². The number of ether oxygens (including phenoxy) is 4. The molecule has 5 heteroatoms. The standard InChI is InChI=1S/C25H25NO4/c1-2-4-21-11-25-13-23-9-19(5-6-22(23)12-24(25)10-20(21)3-1)14-26-15-29-17-27-7-8-28-18-30-16-26/h1-6,9-13H,7-8,14-18H2. The Morgan fingerprint density at radius 2 is 1.10 bits per heavy atom. The first-order valence-electron chi connectivity index (χ1n) is 10.2. The lowest BCUT2D eigenvalue weighted by molar-refractivity contribution is -0.113. The van der Waals surface area contributed by atoms with Gasteiger partial charge in [-0.3, -0.25) is 4.90 Å². The van der Waals surface area contributed by atoms with E-state index in [1.165, 1.54) is 37.9 Å². The van der Waals surface area contributed by atoms with Crippen molar-refractivity contribution in [3.05, 3.63) is 72.3 Å². The van der Waals surface area contributed by atoms with Crippen LogP contribution >= 0.6 is 0 Å². The van der Waals surface area contributed by atoms with Crippen molar-refractivity contribution in [1.29, 1.82) is 0 Å². The Morgan fingerprint density at radius 1 is 0.567 bits per heavy atom. The van der Waals surface area contributed by atoms with Gasteiger partial charge >= 0.3 is 0 Å². The molecule has 0 saturated carbocycles. The third-order valence-corrected chi connectivity index (χ3v) is 5.38. The average molecular weight is 403 g/mol. The third-order valence-electron chi connectivity index (χ3n) is 5.38. The molecule has 1 aliphatic heterocycles. The van der Waals surface area contributed by atoms with Gasteiger partial charge in [-0.25, -0.2) is 0 Å². The largest absolute Gasteiger partial charge is 0.353 e. The predicted octanol–water partition coefficient (Wildman–Crippen LogP) is 4.86. The Kier molecular flexibility index (Phi) is 5.88. The molecule has 0 amide bonds. The van der Waals surface area contributed by atoms with E-state index in [2.05, 4.69) is 71.6 Å². The molecule has 0 aromatic heterocycles. The smallest absolute Gasteiger partial charge is 0.148 e. The van der Waals surface area contributed by atoms with Crippen LogP contribution in [0.15, 0.2) is 66.7 Å².